The highest BCUT2D eigenvalue weighted by atomic mass is 16.5. The second-order valence-electron chi connectivity index (χ2n) is 11.3. The van der Waals surface area contributed by atoms with E-state index in [1.54, 1.807) is 0 Å². The summed E-state index contributed by atoms with van der Waals surface area (Å²) in [4.78, 5) is 24.6. The zero-order valence-electron chi connectivity index (χ0n) is 23.4. The van der Waals surface area contributed by atoms with Crippen molar-refractivity contribution in [3.8, 4) is 11.5 Å². The Hall–Kier alpha value is -3.02. The number of ether oxygens (including phenoxy) is 2. The van der Waals surface area contributed by atoms with E-state index >= 15 is 0 Å². The topological polar surface area (TPSA) is 76.7 Å². The molecule has 0 heterocycles. The third-order valence-electron chi connectivity index (χ3n) is 8.12. The number of carbonyl (C=O) groups excluding carboxylic acids is 2. The van der Waals surface area contributed by atoms with Crippen molar-refractivity contribution in [1.82, 2.24) is 0 Å². The molecule has 39 heavy (non-hydrogen) atoms. The Labute approximate surface area is 234 Å². The molecule has 0 bridgehead atoms. The Kier molecular flexibility index (Phi) is 12.0. The maximum Gasteiger partial charge on any atom is 0.224 e. The van der Waals surface area contributed by atoms with Crippen molar-refractivity contribution in [2.24, 2.45) is 11.8 Å². The van der Waals surface area contributed by atoms with E-state index in [0.29, 0.717) is 19.3 Å². The van der Waals surface area contributed by atoms with Gasteiger partial charge >= 0.3 is 0 Å². The molecule has 2 aliphatic rings. The number of rotatable bonds is 14. The molecular weight excluding hydrogens is 488 g/mol. The number of benzene rings is 2. The highest BCUT2D eigenvalue weighted by Crippen LogP contribution is 2.28. The van der Waals surface area contributed by atoms with Gasteiger partial charge < -0.3 is 20.1 Å². The van der Waals surface area contributed by atoms with Gasteiger partial charge in [0.05, 0.1) is 13.2 Å². The molecule has 2 N–H and O–H groups in total. The first-order valence-corrected chi connectivity index (χ1v) is 15.2. The fourth-order valence-electron chi connectivity index (χ4n) is 5.76. The lowest BCUT2D eigenvalue weighted by Crippen LogP contribution is -2.15. The third-order valence-corrected chi connectivity index (χ3v) is 8.12. The highest BCUT2D eigenvalue weighted by molar-refractivity contribution is 5.93. The van der Waals surface area contributed by atoms with Gasteiger partial charge in [-0.15, -0.1) is 0 Å². The van der Waals surface area contributed by atoms with Gasteiger partial charge in [0.2, 0.25) is 11.8 Å². The Balaban J connectivity index is 1.06. The minimum absolute atomic E-state index is 0.0940. The number of nitrogens with one attached hydrogen (secondary N) is 2. The lowest BCUT2D eigenvalue weighted by Gasteiger charge is -2.21. The largest absolute Gasteiger partial charge is 0.494 e. The van der Waals surface area contributed by atoms with Crippen molar-refractivity contribution >= 4 is 23.2 Å². The summed E-state index contributed by atoms with van der Waals surface area (Å²) in [6.07, 6.45) is 16.8. The van der Waals surface area contributed by atoms with E-state index in [9.17, 15) is 9.59 Å². The highest BCUT2D eigenvalue weighted by Gasteiger charge is 2.14. The van der Waals surface area contributed by atoms with Crippen molar-refractivity contribution in [2.75, 3.05) is 23.8 Å². The molecule has 0 aromatic heterocycles. The summed E-state index contributed by atoms with van der Waals surface area (Å²) in [5.74, 6) is 3.09. The van der Waals surface area contributed by atoms with Crippen LogP contribution in [0.1, 0.15) is 96.3 Å². The van der Waals surface area contributed by atoms with Gasteiger partial charge in [-0.3, -0.25) is 9.59 Å². The minimum atomic E-state index is -0.0940. The van der Waals surface area contributed by atoms with Crippen LogP contribution in [0.4, 0.5) is 11.4 Å². The molecule has 2 aromatic carbocycles. The standard InChI is InChI=1S/C33H46N2O4/c36-32(34-28-14-18-30(19-15-28)38-24-22-26-8-3-1-4-9-26)12-7-13-33(37)35-29-16-20-31(21-17-29)39-25-23-27-10-5-2-6-11-27/h14-21,26-27H,1-13,22-25H2,(H,34,36)(H,35,37). The van der Waals surface area contributed by atoms with Crippen LogP contribution in [0.2, 0.25) is 0 Å². The Morgan fingerprint density at radius 2 is 0.974 bits per heavy atom. The van der Waals surface area contributed by atoms with Crippen LogP contribution in [-0.4, -0.2) is 25.0 Å². The molecule has 2 aromatic rings. The second-order valence-corrected chi connectivity index (χ2v) is 11.3. The molecule has 2 saturated carbocycles. The van der Waals surface area contributed by atoms with Crippen molar-refractivity contribution in [2.45, 2.75) is 96.3 Å². The summed E-state index contributed by atoms with van der Waals surface area (Å²) in [5.41, 5.74) is 1.48. The first kappa shape index (κ1) is 29.0. The Bertz CT molecular complexity index is 912. The molecule has 0 saturated heterocycles. The van der Waals surface area contributed by atoms with Crippen LogP contribution < -0.4 is 20.1 Å². The number of hydrogen-bond acceptors (Lipinski definition) is 4. The SMILES string of the molecule is O=C(CCCC(=O)Nc1ccc(OCCC2CCCCC2)cc1)Nc1ccc(OCCC2CCCCC2)cc1. The summed E-state index contributed by atoms with van der Waals surface area (Å²) in [7, 11) is 0. The molecule has 2 fully saturated rings. The van der Waals surface area contributed by atoms with Crippen LogP contribution in [-0.2, 0) is 9.59 Å². The van der Waals surface area contributed by atoms with E-state index in [4.69, 9.17) is 9.47 Å². The van der Waals surface area contributed by atoms with E-state index in [0.717, 1.165) is 60.8 Å². The summed E-state index contributed by atoms with van der Waals surface area (Å²) in [5, 5.41) is 5.81. The van der Waals surface area contributed by atoms with Crippen LogP contribution in [0.15, 0.2) is 48.5 Å². The van der Waals surface area contributed by atoms with Gasteiger partial charge in [0.25, 0.3) is 0 Å². The predicted molar refractivity (Wildman–Crippen MR) is 157 cm³/mol. The number of anilines is 2. The minimum Gasteiger partial charge on any atom is -0.494 e. The molecule has 2 amide bonds. The lowest BCUT2D eigenvalue weighted by molar-refractivity contribution is -0.117. The predicted octanol–water partition coefficient (Wildman–Crippen LogP) is 8.13. The van der Waals surface area contributed by atoms with Crippen LogP contribution in [0.5, 0.6) is 11.5 Å². The molecule has 0 atom stereocenters. The molecule has 0 aliphatic heterocycles. The molecule has 2 aliphatic carbocycles. The van der Waals surface area contributed by atoms with Crippen LogP contribution >= 0.6 is 0 Å². The fraction of sp³-hybridized carbons (Fsp3) is 0.576. The van der Waals surface area contributed by atoms with E-state index < -0.39 is 0 Å². The van der Waals surface area contributed by atoms with E-state index in [1.165, 1.54) is 64.2 Å². The summed E-state index contributed by atoms with van der Waals surface area (Å²) < 4.78 is 11.8. The van der Waals surface area contributed by atoms with Gasteiger partial charge in [0.15, 0.2) is 0 Å². The second kappa shape index (κ2) is 16.2. The van der Waals surface area contributed by atoms with E-state index in [-0.39, 0.29) is 11.8 Å². The van der Waals surface area contributed by atoms with Gasteiger partial charge in [0, 0.05) is 24.2 Å². The molecule has 212 valence electrons. The van der Waals surface area contributed by atoms with Gasteiger partial charge in [0.1, 0.15) is 11.5 Å². The van der Waals surface area contributed by atoms with Crippen molar-refractivity contribution in [1.29, 1.82) is 0 Å². The number of carbonyl (C=O) groups is 2. The molecule has 6 nitrogen and oxygen atoms in total. The van der Waals surface area contributed by atoms with Gasteiger partial charge in [-0.1, -0.05) is 64.2 Å². The number of hydrogen-bond donors (Lipinski definition) is 2. The lowest BCUT2D eigenvalue weighted by atomic mass is 9.87. The summed E-state index contributed by atoms with van der Waals surface area (Å²) >= 11 is 0. The van der Waals surface area contributed by atoms with Crippen LogP contribution in [0.3, 0.4) is 0 Å². The van der Waals surface area contributed by atoms with Crippen LogP contribution in [0.25, 0.3) is 0 Å². The quantitative estimate of drug-likeness (QED) is 0.256. The monoisotopic (exact) mass is 534 g/mol. The van der Waals surface area contributed by atoms with Crippen molar-refractivity contribution in [3.63, 3.8) is 0 Å². The molecule has 0 unspecified atom stereocenters. The zero-order valence-corrected chi connectivity index (χ0v) is 23.4. The van der Waals surface area contributed by atoms with E-state index in [2.05, 4.69) is 10.6 Å². The van der Waals surface area contributed by atoms with Crippen molar-refractivity contribution in [3.05, 3.63) is 48.5 Å². The third kappa shape index (κ3) is 10.9. The van der Waals surface area contributed by atoms with Gasteiger partial charge in [-0.05, 0) is 79.6 Å². The molecule has 6 heteroatoms. The van der Waals surface area contributed by atoms with Crippen molar-refractivity contribution < 1.29 is 19.1 Å². The Morgan fingerprint density at radius 3 is 1.36 bits per heavy atom. The zero-order chi connectivity index (χ0) is 27.1. The average molecular weight is 535 g/mol. The molecule has 0 radical (unpaired) electrons. The maximum absolute atomic E-state index is 12.3. The summed E-state index contributed by atoms with van der Waals surface area (Å²) in [6, 6.07) is 15.1. The van der Waals surface area contributed by atoms with Gasteiger partial charge in [-0.2, -0.15) is 0 Å². The van der Waals surface area contributed by atoms with E-state index in [1.807, 2.05) is 48.5 Å². The van der Waals surface area contributed by atoms with Gasteiger partial charge in [-0.25, -0.2) is 0 Å². The normalized spacial score (nSPS) is 16.4. The first-order chi connectivity index (χ1) is 19.1. The Morgan fingerprint density at radius 1 is 0.590 bits per heavy atom. The average Bonchev–Trinajstić information content (AvgIpc) is 2.96. The molecule has 4 rings (SSSR count). The number of amides is 2. The van der Waals surface area contributed by atoms with Crippen LogP contribution in [0, 0.1) is 11.8 Å². The summed E-state index contributed by atoms with van der Waals surface area (Å²) in [6.45, 7) is 1.49. The molecule has 0 spiro atoms. The first-order valence-electron chi connectivity index (χ1n) is 15.2. The smallest absolute Gasteiger partial charge is 0.224 e. The fourth-order valence-corrected chi connectivity index (χ4v) is 5.76. The molecular formula is C33H46N2O4. The maximum atomic E-state index is 12.3.